The van der Waals surface area contributed by atoms with Crippen molar-refractivity contribution in [1.29, 1.82) is 0 Å². The fourth-order valence-electron chi connectivity index (χ4n) is 3.89. The molecule has 14 nitrogen and oxygen atoms in total. The zero-order chi connectivity index (χ0) is 24.7. The molecule has 35 heavy (non-hydrogen) atoms. The van der Waals surface area contributed by atoms with Crippen molar-refractivity contribution in [2.45, 2.75) is 18.0 Å². The van der Waals surface area contributed by atoms with Gasteiger partial charge in [-0.15, -0.1) is 16.3 Å². The van der Waals surface area contributed by atoms with E-state index in [4.69, 9.17) is 10.6 Å². The first kappa shape index (κ1) is 22.7. The number of carboxylic acid groups (broad SMARTS) is 1. The summed E-state index contributed by atoms with van der Waals surface area (Å²) in [5, 5.41) is 22.0. The monoisotopic (exact) mass is 515 g/mol. The molecule has 16 heteroatoms. The van der Waals surface area contributed by atoms with Crippen LogP contribution in [-0.2, 0) is 25.8 Å². The number of β-lactam (4-membered cyclic amide) rings is 1. The van der Waals surface area contributed by atoms with E-state index in [1.807, 2.05) is 10.6 Å². The molecule has 0 spiro atoms. The van der Waals surface area contributed by atoms with Crippen molar-refractivity contribution < 1.29 is 28.9 Å². The number of fused-ring (bicyclic) bond motifs is 2. The summed E-state index contributed by atoms with van der Waals surface area (Å²) >= 11 is 2.21. The molecular weight excluding hydrogens is 498 g/mol. The average molecular weight is 516 g/mol. The number of aliphatic carboxylic acids is 1. The SMILES string of the molecule is CO/N=C(/C(=O)N[C@H]1C(=O)N2C(C(=O)[O-])=C(C[n+]3ccn4ncccc43)CS[C@@H]12)c1nsc(N)n1. The maximum absolute atomic E-state index is 13.0. The number of thioether (sulfide) groups is 1. The largest absolute Gasteiger partial charge is 0.543 e. The Morgan fingerprint density at radius 3 is 3.00 bits per heavy atom. The van der Waals surface area contributed by atoms with E-state index in [2.05, 4.69) is 24.9 Å². The minimum Gasteiger partial charge on any atom is -0.543 e. The zero-order valence-electron chi connectivity index (χ0n) is 18.0. The first-order chi connectivity index (χ1) is 16.9. The summed E-state index contributed by atoms with van der Waals surface area (Å²) < 4.78 is 7.43. The number of oxime groups is 1. The standard InChI is InChI=1S/C19H17N9O5S2/c1-33-24-11(14-23-19(20)35-25-14)15(29)22-12-16(30)28-13(18(31)32)9(8-34-17(12)28)7-26-5-6-27-10(26)3-2-4-21-27/h2-6,12,17H,7-8H2,1H3,(H3-,20,22,23,25,29,31,32)/b24-11+/t12-,17-/m0/s1. The van der Waals surface area contributed by atoms with Gasteiger partial charge in [0, 0.05) is 28.9 Å². The molecule has 2 aliphatic rings. The van der Waals surface area contributed by atoms with E-state index in [1.54, 1.807) is 29.2 Å². The number of hydrogen-bond acceptors (Lipinski definition) is 12. The molecule has 2 aliphatic heterocycles. The number of nitrogens with two attached hydrogens (primary N) is 1. The number of hydrogen-bond donors (Lipinski definition) is 2. The number of carbonyl (C=O) groups is 3. The van der Waals surface area contributed by atoms with Gasteiger partial charge < -0.3 is 25.8 Å². The predicted molar refractivity (Wildman–Crippen MR) is 120 cm³/mol. The highest BCUT2D eigenvalue weighted by Crippen LogP contribution is 2.40. The van der Waals surface area contributed by atoms with Crippen LogP contribution in [0.15, 0.2) is 47.1 Å². The van der Waals surface area contributed by atoms with Crippen molar-refractivity contribution in [3.63, 3.8) is 0 Å². The van der Waals surface area contributed by atoms with Crippen LogP contribution in [0.1, 0.15) is 5.82 Å². The molecular formula is C19H17N9O5S2. The molecule has 0 bridgehead atoms. The second kappa shape index (κ2) is 8.95. The smallest absolute Gasteiger partial charge is 0.307 e. The van der Waals surface area contributed by atoms with E-state index in [1.165, 1.54) is 18.9 Å². The third-order valence-electron chi connectivity index (χ3n) is 5.38. The maximum atomic E-state index is 13.0. The lowest BCUT2D eigenvalue weighted by atomic mass is 10.0. The number of anilines is 1. The van der Waals surface area contributed by atoms with Crippen molar-refractivity contribution in [1.82, 2.24) is 29.2 Å². The number of carbonyl (C=O) groups excluding carboxylic acids is 3. The molecule has 0 radical (unpaired) electrons. The van der Waals surface area contributed by atoms with Gasteiger partial charge >= 0.3 is 5.65 Å². The summed E-state index contributed by atoms with van der Waals surface area (Å²) in [6.07, 6.45) is 5.16. The summed E-state index contributed by atoms with van der Waals surface area (Å²) in [6.45, 7) is 0.230. The third kappa shape index (κ3) is 3.95. The van der Waals surface area contributed by atoms with Gasteiger partial charge in [-0.1, -0.05) is 10.3 Å². The van der Waals surface area contributed by atoms with E-state index in [9.17, 15) is 19.5 Å². The van der Waals surface area contributed by atoms with Gasteiger partial charge in [0.15, 0.2) is 11.3 Å². The van der Waals surface area contributed by atoms with Crippen LogP contribution in [0.2, 0.25) is 0 Å². The van der Waals surface area contributed by atoms with Gasteiger partial charge in [-0.25, -0.2) is 4.57 Å². The normalized spacial score (nSPS) is 20.0. The summed E-state index contributed by atoms with van der Waals surface area (Å²) in [7, 11) is 1.25. The Bertz CT molecular complexity index is 1410. The van der Waals surface area contributed by atoms with Gasteiger partial charge in [0.1, 0.15) is 31.3 Å². The van der Waals surface area contributed by atoms with Gasteiger partial charge in [-0.05, 0) is 6.07 Å². The van der Waals surface area contributed by atoms with Crippen LogP contribution in [0.25, 0.3) is 5.65 Å². The fraction of sp³-hybridized carbons (Fsp3) is 0.263. The quantitative estimate of drug-likeness (QED) is 0.148. The number of aromatic nitrogens is 5. The van der Waals surface area contributed by atoms with E-state index in [-0.39, 0.29) is 28.9 Å². The molecule has 3 aromatic rings. The van der Waals surface area contributed by atoms with Crippen LogP contribution in [-0.4, -0.2) is 71.6 Å². The number of nitrogen functional groups attached to an aromatic ring is 1. The van der Waals surface area contributed by atoms with Gasteiger partial charge in [0.05, 0.1) is 17.9 Å². The van der Waals surface area contributed by atoms with E-state index < -0.39 is 29.2 Å². The molecule has 1 fully saturated rings. The van der Waals surface area contributed by atoms with Crippen molar-refractivity contribution in [2.75, 3.05) is 18.6 Å². The Labute approximate surface area is 205 Å². The Hall–Kier alpha value is -4.05. The average Bonchev–Trinajstić information content (AvgIpc) is 3.46. The molecule has 3 aromatic heterocycles. The Morgan fingerprint density at radius 1 is 1.46 bits per heavy atom. The van der Waals surface area contributed by atoms with Crippen LogP contribution in [0.4, 0.5) is 5.13 Å². The molecule has 1 saturated heterocycles. The van der Waals surface area contributed by atoms with E-state index >= 15 is 0 Å². The number of amides is 2. The fourth-order valence-corrected chi connectivity index (χ4v) is 5.66. The lowest BCUT2D eigenvalue weighted by Crippen LogP contribution is -2.71. The summed E-state index contributed by atoms with van der Waals surface area (Å²) in [5.41, 5.74) is 6.39. The van der Waals surface area contributed by atoms with Gasteiger partial charge in [0.25, 0.3) is 11.8 Å². The number of carboxylic acids is 1. The van der Waals surface area contributed by atoms with Crippen molar-refractivity contribution in [3.8, 4) is 0 Å². The van der Waals surface area contributed by atoms with Crippen LogP contribution in [0.3, 0.4) is 0 Å². The molecule has 5 heterocycles. The minimum atomic E-state index is -1.46. The van der Waals surface area contributed by atoms with Crippen LogP contribution in [0.5, 0.6) is 0 Å². The Kier molecular flexibility index (Phi) is 5.81. The maximum Gasteiger partial charge on any atom is 0.307 e. The lowest BCUT2D eigenvalue weighted by molar-refractivity contribution is -0.662. The van der Waals surface area contributed by atoms with Gasteiger partial charge in [-0.3, -0.25) is 14.5 Å². The molecule has 0 unspecified atom stereocenters. The van der Waals surface area contributed by atoms with E-state index in [0.717, 1.165) is 22.1 Å². The number of imidazole rings is 1. The first-order valence-corrected chi connectivity index (χ1v) is 11.9. The Morgan fingerprint density at radius 2 is 2.29 bits per heavy atom. The predicted octanol–water partition coefficient (Wildman–Crippen LogP) is -2.49. The highest BCUT2D eigenvalue weighted by atomic mass is 32.2. The second-order valence-corrected chi connectivity index (χ2v) is 9.32. The lowest BCUT2D eigenvalue weighted by Gasteiger charge is -2.50. The van der Waals surface area contributed by atoms with Crippen LogP contribution >= 0.6 is 23.3 Å². The second-order valence-electron chi connectivity index (χ2n) is 7.43. The number of nitrogens with zero attached hydrogens (tertiary/aromatic N) is 7. The minimum absolute atomic E-state index is 0.0457. The van der Waals surface area contributed by atoms with Crippen molar-refractivity contribution >= 4 is 57.6 Å². The first-order valence-electron chi connectivity index (χ1n) is 10.1. The molecule has 2 atom stereocenters. The molecule has 180 valence electrons. The number of rotatable bonds is 7. The molecule has 2 amide bonds. The molecule has 5 rings (SSSR count). The Balaban J connectivity index is 1.37. The molecule has 0 aliphatic carbocycles. The molecule has 3 N–H and O–H groups in total. The summed E-state index contributed by atoms with van der Waals surface area (Å²) in [4.78, 5) is 47.6. The highest BCUT2D eigenvalue weighted by Gasteiger charge is 2.53. The molecule has 0 saturated carbocycles. The zero-order valence-corrected chi connectivity index (χ0v) is 19.7. The van der Waals surface area contributed by atoms with Gasteiger partial charge in [-0.2, -0.15) is 9.36 Å². The highest BCUT2D eigenvalue weighted by molar-refractivity contribution is 8.00. The molecule has 0 aromatic carbocycles. The topological polar surface area (TPSA) is 184 Å². The van der Waals surface area contributed by atoms with Crippen LogP contribution < -0.4 is 20.7 Å². The third-order valence-corrected chi connectivity index (χ3v) is 7.26. The van der Waals surface area contributed by atoms with Crippen LogP contribution in [0, 0.1) is 0 Å². The van der Waals surface area contributed by atoms with Gasteiger partial charge in [0.2, 0.25) is 11.5 Å². The number of nitrogens with one attached hydrogen (secondary N) is 1. The van der Waals surface area contributed by atoms with E-state index in [0.29, 0.717) is 11.3 Å². The van der Waals surface area contributed by atoms with Crippen molar-refractivity contribution in [2.24, 2.45) is 5.16 Å². The summed E-state index contributed by atoms with van der Waals surface area (Å²) in [6, 6.07) is 2.64. The van der Waals surface area contributed by atoms with Crippen molar-refractivity contribution in [3.05, 3.63) is 47.8 Å². The summed E-state index contributed by atoms with van der Waals surface area (Å²) in [5.74, 6) is -2.53.